The standard InChI is InChI=1S/C12H12ClN3O3/c1-8-14-12(16(18)19)7-15(8)6-11(17)9-2-4-10(13)5-3-9/h2-5,7,11,17H,6H2,1H3/t11-/m0/s1. The minimum absolute atomic E-state index is 0.203. The third-order valence-electron chi connectivity index (χ3n) is 2.77. The molecule has 1 atom stereocenters. The van der Waals surface area contributed by atoms with E-state index in [0.29, 0.717) is 16.4 Å². The van der Waals surface area contributed by atoms with Crippen LogP contribution in [0.15, 0.2) is 30.5 Å². The number of nitrogens with zero attached hydrogens (tertiary/aromatic N) is 3. The molecule has 1 heterocycles. The molecule has 0 saturated carbocycles. The molecule has 0 aliphatic carbocycles. The van der Waals surface area contributed by atoms with Crippen molar-refractivity contribution in [1.82, 2.24) is 9.55 Å². The van der Waals surface area contributed by atoms with E-state index in [1.54, 1.807) is 35.8 Å². The van der Waals surface area contributed by atoms with Crippen LogP contribution in [0, 0.1) is 17.0 Å². The smallest absolute Gasteiger partial charge is 0.381 e. The molecule has 100 valence electrons. The maximum absolute atomic E-state index is 10.6. The van der Waals surface area contributed by atoms with Gasteiger partial charge in [-0.2, -0.15) is 0 Å². The minimum Gasteiger partial charge on any atom is -0.387 e. The molecule has 2 rings (SSSR count). The molecule has 19 heavy (non-hydrogen) atoms. The molecule has 0 fully saturated rings. The fourth-order valence-corrected chi connectivity index (χ4v) is 1.87. The largest absolute Gasteiger partial charge is 0.387 e. The topological polar surface area (TPSA) is 81.2 Å². The van der Waals surface area contributed by atoms with E-state index in [2.05, 4.69) is 4.98 Å². The number of hydrogen-bond acceptors (Lipinski definition) is 4. The Bertz CT molecular complexity index is 595. The second kappa shape index (κ2) is 5.38. The first kappa shape index (κ1) is 13.5. The number of hydrogen-bond donors (Lipinski definition) is 1. The van der Waals surface area contributed by atoms with Gasteiger partial charge in [-0.25, -0.2) is 0 Å². The van der Waals surface area contributed by atoms with E-state index < -0.39 is 11.0 Å². The predicted octanol–water partition coefficient (Wildman–Crippen LogP) is 2.49. The summed E-state index contributed by atoms with van der Waals surface area (Å²) < 4.78 is 1.55. The van der Waals surface area contributed by atoms with Gasteiger partial charge in [0.15, 0.2) is 0 Å². The Hall–Kier alpha value is -1.92. The van der Waals surface area contributed by atoms with Crippen LogP contribution in [0.1, 0.15) is 17.5 Å². The van der Waals surface area contributed by atoms with Crippen LogP contribution in [0.4, 0.5) is 5.82 Å². The van der Waals surface area contributed by atoms with E-state index in [-0.39, 0.29) is 12.4 Å². The molecule has 1 aromatic carbocycles. The van der Waals surface area contributed by atoms with Crippen LogP contribution in [0.5, 0.6) is 0 Å². The van der Waals surface area contributed by atoms with Crippen molar-refractivity contribution in [3.63, 3.8) is 0 Å². The number of imidazole rings is 1. The lowest BCUT2D eigenvalue weighted by Gasteiger charge is -2.11. The molecular weight excluding hydrogens is 270 g/mol. The summed E-state index contributed by atoms with van der Waals surface area (Å²) in [6, 6.07) is 6.80. The second-order valence-corrected chi connectivity index (χ2v) is 4.56. The first-order valence-electron chi connectivity index (χ1n) is 5.59. The van der Waals surface area contributed by atoms with Gasteiger partial charge in [0.1, 0.15) is 6.20 Å². The summed E-state index contributed by atoms with van der Waals surface area (Å²) in [6.07, 6.45) is 0.541. The van der Waals surface area contributed by atoms with E-state index in [0.717, 1.165) is 0 Å². The number of aromatic nitrogens is 2. The Kier molecular flexibility index (Phi) is 3.82. The van der Waals surface area contributed by atoms with E-state index in [9.17, 15) is 15.2 Å². The normalized spacial score (nSPS) is 12.4. The minimum atomic E-state index is -0.773. The number of halogens is 1. The summed E-state index contributed by atoms with van der Waals surface area (Å²) in [5, 5.41) is 21.3. The highest BCUT2D eigenvalue weighted by atomic mass is 35.5. The number of aliphatic hydroxyl groups excluding tert-OH is 1. The molecule has 0 saturated heterocycles. The first-order valence-corrected chi connectivity index (χ1v) is 5.97. The zero-order valence-electron chi connectivity index (χ0n) is 10.2. The monoisotopic (exact) mass is 281 g/mol. The Morgan fingerprint density at radius 2 is 2.11 bits per heavy atom. The van der Waals surface area contributed by atoms with Gasteiger partial charge in [-0.3, -0.25) is 0 Å². The van der Waals surface area contributed by atoms with Crippen molar-refractivity contribution < 1.29 is 10.0 Å². The van der Waals surface area contributed by atoms with Crippen LogP contribution in [0.25, 0.3) is 0 Å². The van der Waals surface area contributed by atoms with E-state index in [1.165, 1.54) is 6.20 Å². The number of aliphatic hydroxyl groups is 1. The van der Waals surface area contributed by atoms with E-state index in [1.807, 2.05) is 0 Å². The van der Waals surface area contributed by atoms with Crippen LogP contribution < -0.4 is 0 Å². The maximum atomic E-state index is 10.6. The molecule has 0 unspecified atom stereocenters. The molecule has 0 aliphatic heterocycles. The lowest BCUT2D eigenvalue weighted by atomic mass is 10.1. The molecule has 1 aromatic heterocycles. The zero-order chi connectivity index (χ0) is 14.0. The summed E-state index contributed by atoms with van der Waals surface area (Å²) in [7, 11) is 0. The van der Waals surface area contributed by atoms with E-state index in [4.69, 9.17) is 11.6 Å². The highest BCUT2D eigenvalue weighted by Crippen LogP contribution is 2.20. The number of rotatable bonds is 4. The number of benzene rings is 1. The van der Waals surface area contributed by atoms with Crippen molar-refractivity contribution in [3.8, 4) is 0 Å². The van der Waals surface area contributed by atoms with Gasteiger partial charge in [-0.1, -0.05) is 23.7 Å². The van der Waals surface area contributed by atoms with Crippen LogP contribution in [-0.2, 0) is 6.54 Å². The van der Waals surface area contributed by atoms with E-state index >= 15 is 0 Å². The van der Waals surface area contributed by atoms with Crippen LogP contribution in [0.3, 0.4) is 0 Å². The summed E-state index contributed by atoms with van der Waals surface area (Å²) in [6.45, 7) is 1.86. The number of nitro groups is 1. The molecule has 0 radical (unpaired) electrons. The van der Waals surface area contributed by atoms with Crippen molar-refractivity contribution in [1.29, 1.82) is 0 Å². The zero-order valence-corrected chi connectivity index (χ0v) is 10.9. The predicted molar refractivity (Wildman–Crippen MR) is 70.0 cm³/mol. The third-order valence-corrected chi connectivity index (χ3v) is 3.03. The maximum Gasteiger partial charge on any atom is 0.381 e. The molecule has 1 N–H and O–H groups in total. The summed E-state index contributed by atoms with van der Waals surface area (Å²) in [5.41, 5.74) is 0.695. The molecule has 6 nitrogen and oxygen atoms in total. The Morgan fingerprint density at radius 3 is 2.63 bits per heavy atom. The molecule has 7 heteroatoms. The van der Waals surface area contributed by atoms with Gasteiger partial charge in [0, 0.05) is 11.9 Å². The molecule has 2 aromatic rings. The van der Waals surface area contributed by atoms with Gasteiger partial charge in [0.05, 0.1) is 12.6 Å². The average Bonchev–Trinajstić information content (AvgIpc) is 2.72. The Labute approximate surface area is 114 Å². The molecule has 0 amide bonds. The lowest BCUT2D eigenvalue weighted by Crippen LogP contribution is -2.09. The first-order chi connectivity index (χ1) is 8.97. The Balaban J connectivity index is 2.16. The van der Waals surface area contributed by atoms with Crippen molar-refractivity contribution in [2.24, 2.45) is 0 Å². The van der Waals surface area contributed by atoms with Gasteiger partial charge < -0.3 is 19.8 Å². The second-order valence-electron chi connectivity index (χ2n) is 4.12. The fourth-order valence-electron chi connectivity index (χ4n) is 1.74. The quantitative estimate of drug-likeness (QED) is 0.689. The fraction of sp³-hybridized carbons (Fsp3) is 0.250. The highest BCUT2D eigenvalue weighted by molar-refractivity contribution is 6.30. The van der Waals surface area contributed by atoms with Gasteiger partial charge in [-0.15, -0.1) is 0 Å². The summed E-state index contributed by atoms with van der Waals surface area (Å²) in [4.78, 5) is 13.9. The SMILES string of the molecule is Cc1nc([N+](=O)[O-])cn1C[C@H](O)c1ccc(Cl)cc1. The highest BCUT2D eigenvalue weighted by Gasteiger charge is 2.17. The van der Waals surface area contributed by atoms with Crippen molar-refractivity contribution >= 4 is 17.4 Å². The van der Waals surface area contributed by atoms with Crippen LogP contribution in [-0.4, -0.2) is 19.6 Å². The molecule has 0 spiro atoms. The summed E-state index contributed by atoms with van der Waals surface area (Å²) in [5.74, 6) is 0.264. The van der Waals surface area contributed by atoms with Crippen LogP contribution >= 0.6 is 11.6 Å². The van der Waals surface area contributed by atoms with Crippen molar-refractivity contribution in [3.05, 3.63) is 57.0 Å². The van der Waals surface area contributed by atoms with Crippen molar-refractivity contribution in [2.75, 3.05) is 0 Å². The van der Waals surface area contributed by atoms with Gasteiger partial charge in [-0.05, 0) is 27.6 Å². The average molecular weight is 282 g/mol. The number of aryl methyl sites for hydroxylation is 1. The van der Waals surface area contributed by atoms with Gasteiger partial charge >= 0.3 is 5.82 Å². The van der Waals surface area contributed by atoms with Gasteiger partial charge in [0.25, 0.3) is 0 Å². The molecular formula is C12H12ClN3O3. The Morgan fingerprint density at radius 1 is 1.47 bits per heavy atom. The van der Waals surface area contributed by atoms with Crippen molar-refractivity contribution in [2.45, 2.75) is 19.6 Å². The van der Waals surface area contributed by atoms with Crippen LogP contribution in [0.2, 0.25) is 5.02 Å². The lowest BCUT2D eigenvalue weighted by molar-refractivity contribution is -0.389. The molecule has 0 aliphatic rings. The third kappa shape index (κ3) is 3.10. The van der Waals surface area contributed by atoms with Gasteiger partial charge in [0.2, 0.25) is 5.82 Å². The molecule has 0 bridgehead atoms. The summed E-state index contributed by atoms with van der Waals surface area (Å²) >= 11 is 5.77.